The van der Waals surface area contributed by atoms with Crippen LogP contribution in [0.1, 0.15) is 11.1 Å². The van der Waals surface area contributed by atoms with Crippen molar-refractivity contribution in [3.63, 3.8) is 0 Å². The number of hydrogen-bond acceptors (Lipinski definition) is 0. The number of aromatic nitrogens is 1. The van der Waals surface area contributed by atoms with Crippen LogP contribution in [0.25, 0.3) is 21.8 Å². The van der Waals surface area contributed by atoms with Gasteiger partial charge in [0.05, 0.1) is 33.9 Å². The molecule has 3 aromatic rings. The summed E-state index contributed by atoms with van der Waals surface area (Å²) in [5.41, 5.74) is 5.23. The summed E-state index contributed by atoms with van der Waals surface area (Å²) in [5.74, 6) is 0. The molecule has 0 fully saturated rings. The van der Waals surface area contributed by atoms with E-state index >= 15 is 0 Å². The Morgan fingerprint density at radius 2 is 1.25 bits per heavy atom. The van der Waals surface area contributed by atoms with Crippen LogP contribution in [0.5, 0.6) is 0 Å². The number of rotatable bonds is 0. The second-order valence-electron chi connectivity index (χ2n) is 4.32. The maximum Gasteiger partial charge on any atom is 0.0646 e. The molecule has 1 nitrogen and oxygen atoms in total. The molecular weight excluding hydrogens is 309 g/mol. The smallest absolute Gasteiger partial charge is 0.0646 e. The quantitative estimate of drug-likeness (QED) is 0.533. The van der Waals surface area contributed by atoms with Crippen LogP contribution in [0.15, 0.2) is 36.4 Å². The third-order valence-electron chi connectivity index (χ3n) is 3.02. The Labute approximate surface area is 109 Å². The zero-order valence-electron chi connectivity index (χ0n) is 9.29. The maximum atomic E-state index is 2.37. The van der Waals surface area contributed by atoms with Crippen molar-refractivity contribution in [1.29, 1.82) is 0 Å². The van der Waals surface area contributed by atoms with Crippen LogP contribution in [-0.4, -0.2) is 2.78 Å². The molecule has 2 heteroatoms. The molecule has 0 N–H and O–H groups in total. The molecule has 0 saturated carbocycles. The fraction of sp³-hybridized carbons (Fsp3) is 0.143. The van der Waals surface area contributed by atoms with Crippen LogP contribution in [-0.2, 0) is 0 Å². The Kier molecular flexibility index (Phi) is 2.21. The van der Waals surface area contributed by atoms with Gasteiger partial charge in [-0.25, -0.2) is 0 Å². The summed E-state index contributed by atoms with van der Waals surface area (Å²) in [7, 11) is 0. The highest BCUT2D eigenvalue weighted by Crippen LogP contribution is 2.31. The monoisotopic (exact) mass is 321 g/mol. The van der Waals surface area contributed by atoms with E-state index in [1.807, 2.05) is 0 Å². The molecule has 0 radical (unpaired) electrons. The standard InChI is InChI=1S/C14H12IN/c1-9-3-5-13-11(7-9)12-8-10(2)4-6-14(12)16(13)15/h3-8H,1-2H3. The van der Waals surface area contributed by atoms with Gasteiger partial charge in [-0.15, -0.1) is 0 Å². The Balaban J connectivity index is 2.60. The summed E-state index contributed by atoms with van der Waals surface area (Å²) < 4.78 is 2.24. The van der Waals surface area contributed by atoms with E-state index in [0.717, 1.165) is 0 Å². The van der Waals surface area contributed by atoms with Crippen molar-refractivity contribution in [3.05, 3.63) is 47.5 Å². The van der Waals surface area contributed by atoms with Crippen LogP contribution in [0.4, 0.5) is 0 Å². The molecule has 0 unspecified atom stereocenters. The van der Waals surface area contributed by atoms with Gasteiger partial charge in [0.2, 0.25) is 0 Å². The van der Waals surface area contributed by atoms with E-state index in [4.69, 9.17) is 0 Å². The second kappa shape index (κ2) is 3.48. The number of nitrogens with zero attached hydrogens (tertiary/aromatic N) is 1. The third kappa shape index (κ3) is 1.36. The first kappa shape index (κ1) is 10.1. The number of hydrogen-bond donors (Lipinski definition) is 0. The number of fused-ring (bicyclic) bond motifs is 3. The van der Waals surface area contributed by atoms with Gasteiger partial charge in [0.1, 0.15) is 0 Å². The van der Waals surface area contributed by atoms with Crippen LogP contribution < -0.4 is 0 Å². The summed E-state index contributed by atoms with van der Waals surface area (Å²) in [5, 5.41) is 2.71. The van der Waals surface area contributed by atoms with Crippen molar-refractivity contribution in [1.82, 2.24) is 2.78 Å². The van der Waals surface area contributed by atoms with Crippen molar-refractivity contribution in [2.45, 2.75) is 13.8 Å². The fourth-order valence-corrected chi connectivity index (χ4v) is 3.04. The van der Waals surface area contributed by atoms with Crippen molar-refractivity contribution < 1.29 is 0 Å². The van der Waals surface area contributed by atoms with Gasteiger partial charge in [-0.1, -0.05) is 23.3 Å². The molecule has 1 heterocycles. The summed E-state index contributed by atoms with van der Waals surface area (Å²) in [6, 6.07) is 13.3. The molecule has 1 aromatic heterocycles. The lowest BCUT2D eigenvalue weighted by molar-refractivity contribution is 1.45. The number of aryl methyl sites for hydroxylation is 2. The van der Waals surface area contributed by atoms with E-state index in [-0.39, 0.29) is 0 Å². The molecule has 0 amide bonds. The van der Waals surface area contributed by atoms with Crippen LogP contribution in [0, 0.1) is 13.8 Å². The minimum absolute atomic E-state index is 1.30. The lowest BCUT2D eigenvalue weighted by atomic mass is 10.1. The molecular formula is C14H12IN. The summed E-state index contributed by atoms with van der Waals surface area (Å²) in [4.78, 5) is 0. The van der Waals surface area contributed by atoms with E-state index in [2.05, 4.69) is 75.9 Å². The van der Waals surface area contributed by atoms with Gasteiger partial charge < -0.3 is 0 Å². The number of halogens is 1. The average Bonchev–Trinajstić information content (AvgIpc) is 2.52. The summed E-state index contributed by atoms with van der Waals surface area (Å²) in [6.45, 7) is 4.29. The topological polar surface area (TPSA) is 4.93 Å². The van der Waals surface area contributed by atoms with Crippen molar-refractivity contribution >= 4 is 44.7 Å². The highest BCUT2D eigenvalue weighted by Gasteiger charge is 2.08. The zero-order valence-corrected chi connectivity index (χ0v) is 11.4. The first-order valence-electron chi connectivity index (χ1n) is 5.34. The van der Waals surface area contributed by atoms with Crippen LogP contribution >= 0.6 is 22.9 Å². The Morgan fingerprint density at radius 3 is 1.69 bits per heavy atom. The van der Waals surface area contributed by atoms with Gasteiger partial charge in [0.25, 0.3) is 0 Å². The first-order chi connectivity index (χ1) is 7.66. The molecule has 0 spiro atoms. The minimum Gasteiger partial charge on any atom is -0.282 e. The SMILES string of the molecule is Cc1ccc2c(c1)c1cc(C)ccc1n2I. The van der Waals surface area contributed by atoms with E-state index < -0.39 is 0 Å². The molecule has 0 atom stereocenters. The van der Waals surface area contributed by atoms with E-state index in [9.17, 15) is 0 Å². The number of benzene rings is 2. The van der Waals surface area contributed by atoms with Crippen LogP contribution in [0.2, 0.25) is 0 Å². The van der Waals surface area contributed by atoms with E-state index in [0.29, 0.717) is 0 Å². The summed E-state index contributed by atoms with van der Waals surface area (Å²) >= 11 is 2.37. The lowest BCUT2D eigenvalue weighted by Gasteiger charge is -1.95. The average molecular weight is 321 g/mol. The molecule has 16 heavy (non-hydrogen) atoms. The maximum absolute atomic E-state index is 2.37. The predicted octanol–water partition coefficient (Wildman–Crippen LogP) is 4.61. The van der Waals surface area contributed by atoms with E-state index in [1.165, 1.54) is 32.9 Å². The molecule has 0 bridgehead atoms. The molecule has 80 valence electrons. The van der Waals surface area contributed by atoms with E-state index in [1.54, 1.807) is 0 Å². The molecule has 0 aliphatic carbocycles. The first-order valence-corrected chi connectivity index (χ1v) is 6.31. The Morgan fingerprint density at radius 1 is 0.812 bits per heavy atom. The summed E-state index contributed by atoms with van der Waals surface area (Å²) in [6.07, 6.45) is 0. The van der Waals surface area contributed by atoms with Crippen molar-refractivity contribution in [3.8, 4) is 0 Å². The lowest BCUT2D eigenvalue weighted by Crippen LogP contribution is -1.77. The highest BCUT2D eigenvalue weighted by atomic mass is 127. The van der Waals surface area contributed by atoms with Crippen LogP contribution in [0.3, 0.4) is 0 Å². The normalized spacial score (nSPS) is 11.4. The van der Waals surface area contributed by atoms with Gasteiger partial charge in [0.15, 0.2) is 0 Å². The van der Waals surface area contributed by atoms with Gasteiger partial charge in [-0.05, 0) is 38.1 Å². The van der Waals surface area contributed by atoms with Gasteiger partial charge >= 0.3 is 0 Å². The molecule has 2 aromatic carbocycles. The Hall–Kier alpha value is -1.03. The molecule has 0 saturated heterocycles. The van der Waals surface area contributed by atoms with Gasteiger partial charge in [-0.3, -0.25) is 2.78 Å². The molecule has 0 aliphatic rings. The van der Waals surface area contributed by atoms with Gasteiger partial charge in [-0.2, -0.15) is 0 Å². The zero-order chi connectivity index (χ0) is 11.3. The highest BCUT2D eigenvalue weighted by molar-refractivity contribution is 14.1. The Bertz CT molecular complexity index is 635. The molecule has 0 aliphatic heterocycles. The molecule has 3 rings (SSSR count). The predicted molar refractivity (Wildman–Crippen MR) is 78.3 cm³/mol. The van der Waals surface area contributed by atoms with Gasteiger partial charge in [0, 0.05) is 10.8 Å². The van der Waals surface area contributed by atoms with Crippen molar-refractivity contribution in [2.75, 3.05) is 0 Å². The minimum atomic E-state index is 1.30. The second-order valence-corrected chi connectivity index (χ2v) is 5.29. The largest absolute Gasteiger partial charge is 0.282 e. The van der Waals surface area contributed by atoms with Crippen molar-refractivity contribution in [2.24, 2.45) is 0 Å². The fourth-order valence-electron chi connectivity index (χ4n) is 2.20. The third-order valence-corrected chi connectivity index (χ3v) is 4.06.